The van der Waals surface area contributed by atoms with Crippen molar-refractivity contribution < 1.29 is 26.4 Å². The summed E-state index contributed by atoms with van der Waals surface area (Å²) in [5.41, 5.74) is 0.718. The van der Waals surface area contributed by atoms with Gasteiger partial charge < -0.3 is 5.32 Å². The molecule has 0 aliphatic carbocycles. The van der Waals surface area contributed by atoms with Crippen molar-refractivity contribution in [1.82, 2.24) is 4.31 Å². The lowest BCUT2D eigenvalue weighted by Crippen LogP contribution is -2.44. The first-order valence-electron chi connectivity index (χ1n) is 10.1. The summed E-state index contributed by atoms with van der Waals surface area (Å²) in [7, 11) is -3.86. The number of piperidine rings is 1. The van der Waals surface area contributed by atoms with Gasteiger partial charge in [0.05, 0.1) is 22.1 Å². The summed E-state index contributed by atoms with van der Waals surface area (Å²) >= 11 is 5.68. The van der Waals surface area contributed by atoms with E-state index >= 15 is 0 Å². The molecule has 1 aliphatic rings. The van der Waals surface area contributed by atoms with Crippen molar-refractivity contribution in [3.05, 3.63) is 57.6 Å². The number of carbonyl (C=O) groups is 1. The molecule has 0 aromatic heterocycles. The Bertz CT molecular complexity index is 1130. The standard InChI is InChI=1S/C22H24ClF3N2O3S/c1-13-9-14(2)20(15(3)10-13)32(30,31)28-8-4-5-16(12-28)21(29)27-19-7-6-17(23)11-18(19)22(24,25)26/h6-7,9-11,16H,4-5,8,12H2,1-3H3,(H,27,29)/t16-/m1/s1. The number of carbonyl (C=O) groups excluding carboxylic acids is 1. The second-order valence-electron chi connectivity index (χ2n) is 8.11. The first kappa shape index (κ1) is 24.5. The maximum Gasteiger partial charge on any atom is 0.418 e. The molecule has 1 fully saturated rings. The van der Waals surface area contributed by atoms with Crippen LogP contribution in [-0.2, 0) is 21.0 Å². The monoisotopic (exact) mass is 488 g/mol. The van der Waals surface area contributed by atoms with E-state index in [-0.39, 0.29) is 23.0 Å². The third-order valence-electron chi connectivity index (χ3n) is 5.50. The van der Waals surface area contributed by atoms with Crippen molar-refractivity contribution >= 4 is 33.2 Å². The third kappa shape index (κ3) is 5.10. The minimum absolute atomic E-state index is 0.101. The van der Waals surface area contributed by atoms with Crippen LogP contribution < -0.4 is 5.32 Å². The predicted molar refractivity (Wildman–Crippen MR) is 117 cm³/mol. The predicted octanol–water partition coefficient (Wildman–Crippen LogP) is 5.32. The molecule has 0 unspecified atom stereocenters. The summed E-state index contributed by atoms with van der Waals surface area (Å²) in [5, 5.41) is 2.21. The molecule has 2 aromatic carbocycles. The van der Waals surface area contributed by atoms with Crippen LogP contribution in [-0.4, -0.2) is 31.7 Å². The number of hydrogen-bond donors (Lipinski definition) is 1. The second kappa shape index (κ2) is 9.03. The van der Waals surface area contributed by atoms with Crippen LogP contribution in [0.5, 0.6) is 0 Å². The zero-order valence-electron chi connectivity index (χ0n) is 17.9. The number of halogens is 4. The van der Waals surface area contributed by atoms with Crippen LogP contribution in [0, 0.1) is 26.7 Å². The van der Waals surface area contributed by atoms with Gasteiger partial charge in [0.1, 0.15) is 0 Å². The van der Waals surface area contributed by atoms with E-state index in [0.717, 1.165) is 17.7 Å². The van der Waals surface area contributed by atoms with Gasteiger partial charge in [-0.3, -0.25) is 4.79 Å². The number of alkyl halides is 3. The highest BCUT2D eigenvalue weighted by Crippen LogP contribution is 2.37. The summed E-state index contributed by atoms with van der Waals surface area (Å²) in [5.74, 6) is -1.43. The Balaban J connectivity index is 1.84. The Morgan fingerprint density at radius 2 is 1.75 bits per heavy atom. The minimum atomic E-state index is -4.70. The zero-order chi connectivity index (χ0) is 23.8. The fraction of sp³-hybridized carbons (Fsp3) is 0.409. The van der Waals surface area contributed by atoms with E-state index in [4.69, 9.17) is 11.6 Å². The zero-order valence-corrected chi connectivity index (χ0v) is 19.5. The molecule has 0 spiro atoms. The SMILES string of the molecule is Cc1cc(C)c(S(=O)(=O)N2CCC[C@@H](C(=O)Nc3ccc(Cl)cc3C(F)(F)F)C2)c(C)c1. The average molecular weight is 489 g/mol. The number of sulfonamides is 1. The van der Waals surface area contributed by atoms with E-state index < -0.39 is 39.3 Å². The first-order chi connectivity index (χ1) is 14.8. The fourth-order valence-electron chi connectivity index (χ4n) is 4.17. The summed E-state index contributed by atoms with van der Waals surface area (Å²) in [6.45, 7) is 5.47. The maximum absolute atomic E-state index is 13.3. The molecule has 1 heterocycles. The molecule has 174 valence electrons. The van der Waals surface area contributed by atoms with Crippen molar-refractivity contribution in [2.45, 2.75) is 44.7 Å². The lowest BCUT2D eigenvalue weighted by molar-refractivity contribution is -0.137. The minimum Gasteiger partial charge on any atom is -0.325 e. The van der Waals surface area contributed by atoms with E-state index in [1.54, 1.807) is 26.0 Å². The Labute approximate surface area is 190 Å². The molecule has 1 saturated heterocycles. The number of rotatable bonds is 4. The summed E-state index contributed by atoms with van der Waals surface area (Å²) in [6, 6.07) is 6.67. The molecule has 1 amide bonds. The van der Waals surface area contributed by atoms with E-state index in [0.29, 0.717) is 24.0 Å². The van der Waals surface area contributed by atoms with Gasteiger partial charge in [-0.15, -0.1) is 0 Å². The van der Waals surface area contributed by atoms with Crippen molar-refractivity contribution in [3.63, 3.8) is 0 Å². The van der Waals surface area contributed by atoms with Gasteiger partial charge in [-0.1, -0.05) is 29.3 Å². The second-order valence-corrected chi connectivity index (χ2v) is 10.4. The fourth-order valence-corrected chi connectivity index (χ4v) is 6.28. The summed E-state index contributed by atoms with van der Waals surface area (Å²) < 4.78 is 67.9. The van der Waals surface area contributed by atoms with Gasteiger partial charge in [0.15, 0.2) is 0 Å². The topological polar surface area (TPSA) is 66.5 Å². The van der Waals surface area contributed by atoms with Crippen LogP contribution in [0.25, 0.3) is 0 Å². The van der Waals surface area contributed by atoms with Crippen molar-refractivity contribution in [2.24, 2.45) is 5.92 Å². The average Bonchev–Trinajstić information content (AvgIpc) is 2.67. The quantitative estimate of drug-likeness (QED) is 0.633. The van der Waals surface area contributed by atoms with Gasteiger partial charge >= 0.3 is 6.18 Å². The highest BCUT2D eigenvalue weighted by Gasteiger charge is 2.37. The Morgan fingerprint density at radius 1 is 1.12 bits per heavy atom. The Kier molecular flexibility index (Phi) is 6.93. The molecule has 0 bridgehead atoms. The van der Waals surface area contributed by atoms with E-state index in [1.807, 2.05) is 6.92 Å². The van der Waals surface area contributed by atoms with Gasteiger partial charge in [0.2, 0.25) is 15.9 Å². The molecule has 5 nitrogen and oxygen atoms in total. The van der Waals surface area contributed by atoms with Gasteiger partial charge in [0, 0.05) is 18.1 Å². The van der Waals surface area contributed by atoms with Gasteiger partial charge in [-0.2, -0.15) is 17.5 Å². The molecule has 32 heavy (non-hydrogen) atoms. The van der Waals surface area contributed by atoms with Gasteiger partial charge in [-0.25, -0.2) is 8.42 Å². The number of benzene rings is 2. The van der Waals surface area contributed by atoms with Crippen LogP contribution in [0.15, 0.2) is 35.2 Å². The molecular weight excluding hydrogens is 465 g/mol. The normalized spacial score (nSPS) is 17.9. The van der Waals surface area contributed by atoms with Crippen LogP contribution >= 0.6 is 11.6 Å². The maximum atomic E-state index is 13.3. The molecule has 10 heteroatoms. The van der Waals surface area contributed by atoms with Crippen LogP contribution in [0.1, 0.15) is 35.1 Å². The Hall–Kier alpha value is -2.10. The van der Waals surface area contributed by atoms with Crippen molar-refractivity contribution in [2.75, 3.05) is 18.4 Å². The number of nitrogens with one attached hydrogen (secondary N) is 1. The van der Waals surface area contributed by atoms with Crippen molar-refractivity contribution in [1.29, 1.82) is 0 Å². The number of aryl methyl sites for hydroxylation is 3. The highest BCUT2D eigenvalue weighted by molar-refractivity contribution is 7.89. The summed E-state index contributed by atoms with van der Waals surface area (Å²) in [4.78, 5) is 13.0. The number of amides is 1. The third-order valence-corrected chi connectivity index (χ3v) is 7.91. The molecule has 1 atom stereocenters. The lowest BCUT2D eigenvalue weighted by Gasteiger charge is -2.32. The van der Waals surface area contributed by atoms with Crippen molar-refractivity contribution in [3.8, 4) is 0 Å². The number of hydrogen-bond acceptors (Lipinski definition) is 3. The molecule has 0 saturated carbocycles. The molecular formula is C22H24ClF3N2O3S. The van der Waals surface area contributed by atoms with Crippen LogP contribution in [0.4, 0.5) is 18.9 Å². The van der Waals surface area contributed by atoms with E-state index in [1.165, 1.54) is 10.4 Å². The largest absolute Gasteiger partial charge is 0.418 e. The molecule has 3 rings (SSSR count). The van der Waals surface area contributed by atoms with Gasteiger partial charge in [-0.05, 0) is 62.9 Å². The number of anilines is 1. The van der Waals surface area contributed by atoms with E-state index in [2.05, 4.69) is 5.32 Å². The van der Waals surface area contributed by atoms with Crippen LogP contribution in [0.3, 0.4) is 0 Å². The smallest absolute Gasteiger partial charge is 0.325 e. The van der Waals surface area contributed by atoms with Gasteiger partial charge in [0.25, 0.3) is 0 Å². The Morgan fingerprint density at radius 3 is 2.34 bits per heavy atom. The molecule has 0 radical (unpaired) electrons. The van der Waals surface area contributed by atoms with E-state index in [9.17, 15) is 26.4 Å². The first-order valence-corrected chi connectivity index (χ1v) is 11.9. The molecule has 1 N–H and O–H groups in total. The lowest BCUT2D eigenvalue weighted by atomic mass is 9.98. The summed E-state index contributed by atoms with van der Waals surface area (Å²) in [6.07, 6.45) is -3.90. The molecule has 2 aromatic rings. The number of nitrogens with zero attached hydrogens (tertiary/aromatic N) is 1. The van der Waals surface area contributed by atoms with Crippen LogP contribution in [0.2, 0.25) is 5.02 Å². The highest BCUT2D eigenvalue weighted by atomic mass is 35.5. The molecule has 1 aliphatic heterocycles.